The van der Waals surface area contributed by atoms with Crippen LogP contribution in [0.3, 0.4) is 0 Å². The Morgan fingerprint density at radius 1 is 1.10 bits per heavy atom. The van der Waals surface area contributed by atoms with E-state index < -0.39 is 11.6 Å². The molecule has 0 saturated carbocycles. The van der Waals surface area contributed by atoms with Gasteiger partial charge in [-0.05, 0) is 18.6 Å². The highest BCUT2D eigenvalue weighted by molar-refractivity contribution is 5.93. The van der Waals surface area contributed by atoms with Gasteiger partial charge in [0.15, 0.2) is 11.6 Å². The van der Waals surface area contributed by atoms with Crippen molar-refractivity contribution in [1.82, 2.24) is 15.1 Å². The maximum atomic E-state index is 14.9. The average molecular weight is 414 g/mol. The average Bonchev–Trinajstić information content (AvgIpc) is 3.38. The lowest BCUT2D eigenvalue weighted by atomic mass is 9.99. The van der Waals surface area contributed by atoms with Gasteiger partial charge in [0, 0.05) is 44.3 Å². The lowest BCUT2D eigenvalue weighted by Gasteiger charge is -2.38. The number of aryl methyl sites for hydroxylation is 2. The molecule has 0 radical (unpaired) electrons. The van der Waals surface area contributed by atoms with Gasteiger partial charge in [-0.15, -0.1) is 0 Å². The molecular formula is C21H23FN4O4. The Bertz CT molecular complexity index is 1100. The summed E-state index contributed by atoms with van der Waals surface area (Å²) in [5, 5.41) is 4.77. The Hall–Kier alpha value is -2.78. The summed E-state index contributed by atoms with van der Waals surface area (Å²) in [6.45, 7) is 6.23. The summed E-state index contributed by atoms with van der Waals surface area (Å²) >= 11 is 0. The van der Waals surface area contributed by atoms with Crippen molar-refractivity contribution < 1.29 is 23.1 Å². The van der Waals surface area contributed by atoms with Crippen molar-refractivity contribution in [1.29, 1.82) is 0 Å². The summed E-state index contributed by atoms with van der Waals surface area (Å²) in [7, 11) is 1.51. The lowest BCUT2D eigenvalue weighted by Crippen LogP contribution is -2.45. The number of methoxy groups -OCH3 is 1. The SMILES string of the molecule is COc1cc(F)c2nc(N3CCC4(CC3)OCCO4)c(-c3noc(C)n3)c(C)c2c1. The minimum absolute atomic E-state index is 0.293. The van der Waals surface area contributed by atoms with Gasteiger partial charge in [0.2, 0.25) is 11.7 Å². The molecule has 0 amide bonds. The highest BCUT2D eigenvalue weighted by atomic mass is 19.1. The zero-order chi connectivity index (χ0) is 20.9. The van der Waals surface area contributed by atoms with Crippen LogP contribution in [0.4, 0.5) is 10.2 Å². The van der Waals surface area contributed by atoms with E-state index in [1.165, 1.54) is 13.2 Å². The third kappa shape index (κ3) is 3.09. The maximum Gasteiger partial charge on any atom is 0.223 e. The third-order valence-corrected chi connectivity index (χ3v) is 5.88. The monoisotopic (exact) mass is 414 g/mol. The zero-order valence-electron chi connectivity index (χ0n) is 17.2. The van der Waals surface area contributed by atoms with E-state index in [-0.39, 0.29) is 0 Å². The van der Waals surface area contributed by atoms with Crippen molar-refractivity contribution in [3.8, 4) is 17.1 Å². The van der Waals surface area contributed by atoms with Crippen LogP contribution in [0.25, 0.3) is 22.3 Å². The standard InChI is InChI=1S/C21H23FN4O4/c1-12-15-10-14(27-3)11-16(22)18(15)24-20(17(12)19-23-13(2)30-25-19)26-6-4-21(5-7-26)28-8-9-29-21/h10-11H,4-9H2,1-3H3. The molecule has 8 nitrogen and oxygen atoms in total. The van der Waals surface area contributed by atoms with Crippen molar-refractivity contribution in [2.24, 2.45) is 0 Å². The quantitative estimate of drug-likeness (QED) is 0.645. The molecule has 30 heavy (non-hydrogen) atoms. The van der Waals surface area contributed by atoms with Gasteiger partial charge >= 0.3 is 0 Å². The van der Waals surface area contributed by atoms with Crippen LogP contribution in [0, 0.1) is 19.7 Å². The second-order valence-corrected chi connectivity index (χ2v) is 7.67. The molecule has 1 aromatic carbocycles. The predicted molar refractivity (Wildman–Crippen MR) is 107 cm³/mol. The summed E-state index contributed by atoms with van der Waals surface area (Å²) in [5.74, 6) is 1.02. The number of benzene rings is 1. The first kappa shape index (κ1) is 19.2. The Balaban J connectivity index is 1.65. The van der Waals surface area contributed by atoms with Gasteiger partial charge in [-0.25, -0.2) is 9.37 Å². The van der Waals surface area contributed by atoms with Crippen LogP contribution in [-0.4, -0.2) is 54.3 Å². The molecule has 3 aromatic rings. The largest absolute Gasteiger partial charge is 0.497 e. The van der Waals surface area contributed by atoms with Crippen LogP contribution in [-0.2, 0) is 9.47 Å². The number of pyridine rings is 1. The molecule has 9 heteroatoms. The fourth-order valence-electron chi connectivity index (χ4n) is 4.30. The van der Waals surface area contributed by atoms with Crippen molar-refractivity contribution in [3.05, 3.63) is 29.4 Å². The number of fused-ring (bicyclic) bond motifs is 1. The van der Waals surface area contributed by atoms with Gasteiger partial charge in [-0.3, -0.25) is 0 Å². The molecular weight excluding hydrogens is 391 g/mol. The van der Waals surface area contributed by atoms with Gasteiger partial charge in [0.25, 0.3) is 0 Å². The van der Waals surface area contributed by atoms with Crippen LogP contribution in [0.1, 0.15) is 24.3 Å². The lowest BCUT2D eigenvalue weighted by molar-refractivity contribution is -0.169. The minimum atomic E-state index is -0.510. The predicted octanol–water partition coefficient (Wildman–Crippen LogP) is 3.39. The number of aromatic nitrogens is 3. The molecule has 158 valence electrons. The van der Waals surface area contributed by atoms with Crippen molar-refractivity contribution in [2.45, 2.75) is 32.5 Å². The summed E-state index contributed by atoms with van der Waals surface area (Å²) in [4.78, 5) is 11.3. The Labute approximate surface area is 172 Å². The molecule has 4 heterocycles. The van der Waals surface area contributed by atoms with Gasteiger partial charge in [0.05, 0.1) is 25.9 Å². The normalized spacial score (nSPS) is 18.5. The fourth-order valence-corrected chi connectivity index (χ4v) is 4.30. The molecule has 0 unspecified atom stereocenters. The molecule has 2 aromatic heterocycles. The van der Waals surface area contributed by atoms with Crippen molar-refractivity contribution >= 4 is 16.7 Å². The molecule has 1 spiro atoms. The van der Waals surface area contributed by atoms with E-state index in [1.54, 1.807) is 13.0 Å². The van der Waals surface area contributed by atoms with Gasteiger partial charge in [-0.1, -0.05) is 5.16 Å². The topological polar surface area (TPSA) is 82.7 Å². The molecule has 2 saturated heterocycles. The smallest absolute Gasteiger partial charge is 0.223 e. The number of hydrogen-bond donors (Lipinski definition) is 0. The van der Waals surface area contributed by atoms with Crippen LogP contribution in [0.5, 0.6) is 5.75 Å². The van der Waals surface area contributed by atoms with Crippen LogP contribution in [0.15, 0.2) is 16.7 Å². The minimum Gasteiger partial charge on any atom is -0.497 e. The van der Waals surface area contributed by atoms with E-state index >= 15 is 0 Å². The molecule has 2 aliphatic rings. The first-order chi connectivity index (χ1) is 14.5. The number of halogens is 1. The number of piperidine rings is 1. The first-order valence-electron chi connectivity index (χ1n) is 10.0. The van der Waals surface area contributed by atoms with Crippen molar-refractivity contribution in [3.63, 3.8) is 0 Å². The molecule has 0 aliphatic carbocycles. The number of hydrogen-bond acceptors (Lipinski definition) is 8. The summed E-state index contributed by atoms with van der Waals surface area (Å²) in [6.07, 6.45) is 1.42. The second kappa shape index (κ2) is 7.17. The van der Waals surface area contributed by atoms with E-state index in [4.69, 9.17) is 23.7 Å². The molecule has 5 rings (SSSR count). The molecule has 0 atom stereocenters. The van der Waals surface area contributed by atoms with Gasteiger partial charge < -0.3 is 23.6 Å². The number of anilines is 1. The summed E-state index contributed by atoms with van der Waals surface area (Å²) in [5.41, 5.74) is 1.85. The van der Waals surface area contributed by atoms with Crippen LogP contribution in [0.2, 0.25) is 0 Å². The molecule has 2 fully saturated rings. The maximum absolute atomic E-state index is 14.9. The first-order valence-corrected chi connectivity index (χ1v) is 10.0. The third-order valence-electron chi connectivity index (χ3n) is 5.88. The number of nitrogens with zero attached hydrogens (tertiary/aromatic N) is 4. The van der Waals surface area contributed by atoms with E-state index in [2.05, 4.69) is 15.0 Å². The van der Waals surface area contributed by atoms with E-state index in [9.17, 15) is 4.39 Å². The van der Waals surface area contributed by atoms with Gasteiger partial charge in [-0.2, -0.15) is 4.98 Å². The molecule has 0 N–H and O–H groups in total. The Morgan fingerprint density at radius 3 is 2.47 bits per heavy atom. The Morgan fingerprint density at radius 2 is 1.83 bits per heavy atom. The zero-order valence-corrected chi connectivity index (χ0v) is 17.2. The summed E-state index contributed by atoms with van der Waals surface area (Å²) in [6, 6.07) is 3.13. The van der Waals surface area contributed by atoms with Crippen molar-refractivity contribution in [2.75, 3.05) is 38.3 Å². The second-order valence-electron chi connectivity index (χ2n) is 7.67. The highest BCUT2D eigenvalue weighted by Gasteiger charge is 2.40. The summed E-state index contributed by atoms with van der Waals surface area (Å²) < 4.78 is 37.0. The fraction of sp³-hybridized carbons (Fsp3) is 0.476. The number of ether oxygens (including phenoxy) is 3. The van der Waals surface area contributed by atoms with Gasteiger partial charge in [0.1, 0.15) is 17.1 Å². The molecule has 2 aliphatic heterocycles. The highest BCUT2D eigenvalue weighted by Crippen LogP contribution is 2.40. The van der Waals surface area contributed by atoms with E-state index in [0.717, 1.165) is 11.1 Å². The molecule has 0 bridgehead atoms. The number of rotatable bonds is 3. The Kier molecular flexibility index (Phi) is 4.59. The van der Waals surface area contributed by atoms with E-state index in [1.807, 2.05) is 6.92 Å². The van der Waals surface area contributed by atoms with Crippen LogP contribution < -0.4 is 9.64 Å². The van der Waals surface area contributed by atoms with E-state index in [0.29, 0.717) is 73.3 Å². The van der Waals surface area contributed by atoms with Crippen LogP contribution >= 0.6 is 0 Å².